The van der Waals surface area contributed by atoms with E-state index in [0.717, 1.165) is 19.3 Å². The van der Waals surface area contributed by atoms with E-state index in [0.29, 0.717) is 12.3 Å². The Morgan fingerprint density at radius 1 is 1.67 bits per heavy atom. The van der Waals surface area contributed by atoms with E-state index in [2.05, 4.69) is 4.74 Å². The van der Waals surface area contributed by atoms with Gasteiger partial charge in [-0.15, -0.1) is 0 Å². The van der Waals surface area contributed by atoms with Crippen LogP contribution in [0.1, 0.15) is 25.7 Å². The summed E-state index contributed by atoms with van der Waals surface area (Å²) in [5.41, 5.74) is -0.687. The van der Waals surface area contributed by atoms with Gasteiger partial charge in [-0.05, 0) is 25.2 Å². The van der Waals surface area contributed by atoms with E-state index in [1.54, 1.807) is 0 Å². The highest BCUT2D eigenvalue weighted by molar-refractivity contribution is 6.07. The summed E-state index contributed by atoms with van der Waals surface area (Å²) in [6, 6.07) is 0. The molecule has 0 saturated heterocycles. The molecule has 66 valence electrons. The lowest BCUT2D eigenvalue weighted by Gasteiger charge is -2.17. The van der Waals surface area contributed by atoms with Gasteiger partial charge in [0.1, 0.15) is 11.2 Å². The second kappa shape index (κ2) is 2.31. The first-order valence-electron chi connectivity index (χ1n) is 4.33. The van der Waals surface area contributed by atoms with Crippen LogP contribution in [0, 0.1) is 11.3 Å². The molecule has 2 atom stereocenters. The minimum absolute atomic E-state index is 0.102. The van der Waals surface area contributed by atoms with Gasteiger partial charge in [-0.25, -0.2) is 0 Å². The van der Waals surface area contributed by atoms with Crippen molar-refractivity contribution in [3.05, 3.63) is 0 Å². The van der Waals surface area contributed by atoms with Gasteiger partial charge in [-0.3, -0.25) is 9.59 Å². The van der Waals surface area contributed by atoms with Gasteiger partial charge in [0.05, 0.1) is 7.11 Å². The van der Waals surface area contributed by atoms with Crippen LogP contribution in [0.5, 0.6) is 0 Å². The number of hydrogen-bond donors (Lipinski definition) is 0. The molecule has 2 saturated carbocycles. The number of Topliss-reactive ketones (excluding diaryl/α,β-unsaturated/α-hetero) is 1. The number of carbonyl (C=O) groups excluding carboxylic acids is 2. The van der Waals surface area contributed by atoms with E-state index >= 15 is 0 Å². The van der Waals surface area contributed by atoms with Crippen LogP contribution in [0.15, 0.2) is 0 Å². The van der Waals surface area contributed by atoms with E-state index in [9.17, 15) is 9.59 Å². The highest BCUT2D eigenvalue weighted by atomic mass is 16.5. The fraction of sp³-hybridized carbons (Fsp3) is 0.778. The molecule has 2 rings (SSSR count). The molecule has 0 aromatic carbocycles. The molecular weight excluding hydrogens is 156 g/mol. The molecule has 2 unspecified atom stereocenters. The van der Waals surface area contributed by atoms with Crippen LogP contribution in [-0.2, 0) is 14.3 Å². The van der Waals surface area contributed by atoms with Gasteiger partial charge in [0, 0.05) is 6.42 Å². The van der Waals surface area contributed by atoms with Gasteiger partial charge in [-0.1, -0.05) is 0 Å². The smallest absolute Gasteiger partial charge is 0.319 e. The minimum atomic E-state index is -0.687. The Kier molecular flexibility index (Phi) is 1.50. The van der Waals surface area contributed by atoms with E-state index in [1.807, 2.05) is 0 Å². The van der Waals surface area contributed by atoms with Crippen molar-refractivity contribution in [1.29, 1.82) is 0 Å². The largest absolute Gasteiger partial charge is 0.468 e. The Morgan fingerprint density at radius 2 is 2.42 bits per heavy atom. The molecule has 12 heavy (non-hydrogen) atoms. The lowest BCUT2D eigenvalue weighted by Crippen LogP contribution is -2.31. The lowest BCUT2D eigenvalue weighted by molar-refractivity contribution is -0.153. The summed E-state index contributed by atoms with van der Waals surface area (Å²) in [6.45, 7) is 0. The second-order valence-electron chi connectivity index (χ2n) is 3.68. The standard InChI is InChI=1S/C9H12O3/c1-12-8(11)9-5-6(9)3-2-4-7(9)10/h6H,2-5H2,1H3. The van der Waals surface area contributed by atoms with Crippen molar-refractivity contribution in [2.75, 3.05) is 7.11 Å². The summed E-state index contributed by atoms with van der Waals surface area (Å²) in [5.74, 6) is 0.0917. The number of ketones is 1. The van der Waals surface area contributed by atoms with Crippen LogP contribution in [0.4, 0.5) is 0 Å². The summed E-state index contributed by atoms with van der Waals surface area (Å²) in [4.78, 5) is 22.8. The Hall–Kier alpha value is -0.860. The fourth-order valence-corrected chi connectivity index (χ4v) is 2.30. The monoisotopic (exact) mass is 168 g/mol. The predicted octanol–water partition coefficient (Wildman–Crippen LogP) is 0.919. The maximum Gasteiger partial charge on any atom is 0.319 e. The first-order chi connectivity index (χ1) is 5.71. The zero-order valence-corrected chi connectivity index (χ0v) is 7.13. The third-order valence-electron chi connectivity index (χ3n) is 3.11. The van der Waals surface area contributed by atoms with Gasteiger partial charge in [0.2, 0.25) is 0 Å². The average Bonchev–Trinajstić information content (AvgIpc) is 2.80. The number of rotatable bonds is 1. The van der Waals surface area contributed by atoms with E-state index in [1.165, 1.54) is 7.11 Å². The quantitative estimate of drug-likeness (QED) is 0.432. The normalized spacial score (nSPS) is 38.8. The highest BCUT2D eigenvalue weighted by Crippen LogP contribution is 2.59. The zero-order chi connectivity index (χ0) is 8.77. The van der Waals surface area contributed by atoms with E-state index in [4.69, 9.17) is 0 Å². The first kappa shape index (κ1) is 7.77. The van der Waals surface area contributed by atoms with Crippen LogP contribution >= 0.6 is 0 Å². The molecule has 2 aliphatic rings. The number of carbonyl (C=O) groups is 2. The van der Waals surface area contributed by atoms with Gasteiger partial charge in [-0.2, -0.15) is 0 Å². The Balaban J connectivity index is 2.21. The van der Waals surface area contributed by atoms with Crippen molar-refractivity contribution in [1.82, 2.24) is 0 Å². The number of fused-ring (bicyclic) bond motifs is 1. The van der Waals surface area contributed by atoms with Crippen molar-refractivity contribution in [3.63, 3.8) is 0 Å². The number of methoxy groups -OCH3 is 1. The number of ether oxygens (including phenoxy) is 1. The predicted molar refractivity (Wildman–Crippen MR) is 41.4 cm³/mol. The Bertz CT molecular complexity index is 236. The van der Waals surface area contributed by atoms with Crippen molar-refractivity contribution >= 4 is 11.8 Å². The molecule has 2 fully saturated rings. The fourth-order valence-electron chi connectivity index (χ4n) is 2.30. The third kappa shape index (κ3) is 0.765. The number of esters is 1. The minimum Gasteiger partial charge on any atom is -0.468 e. The topological polar surface area (TPSA) is 43.4 Å². The van der Waals surface area contributed by atoms with Crippen molar-refractivity contribution in [2.45, 2.75) is 25.7 Å². The first-order valence-corrected chi connectivity index (χ1v) is 4.33. The number of hydrogen-bond acceptors (Lipinski definition) is 3. The van der Waals surface area contributed by atoms with Gasteiger partial charge >= 0.3 is 5.97 Å². The van der Waals surface area contributed by atoms with Gasteiger partial charge < -0.3 is 4.74 Å². The summed E-state index contributed by atoms with van der Waals surface area (Å²) in [6.07, 6.45) is 3.26. The zero-order valence-electron chi connectivity index (χ0n) is 7.13. The molecule has 2 aliphatic carbocycles. The molecule has 3 heteroatoms. The van der Waals surface area contributed by atoms with Crippen LogP contribution in [-0.4, -0.2) is 18.9 Å². The molecule has 0 bridgehead atoms. The third-order valence-corrected chi connectivity index (χ3v) is 3.11. The molecule has 0 aliphatic heterocycles. The van der Waals surface area contributed by atoms with E-state index in [-0.39, 0.29) is 11.8 Å². The molecule has 0 aromatic heterocycles. The molecule has 0 aromatic rings. The SMILES string of the molecule is COC(=O)C12CC1CCCC2=O. The molecule has 0 N–H and O–H groups in total. The van der Waals surface area contributed by atoms with Crippen molar-refractivity contribution < 1.29 is 14.3 Å². The maximum absolute atomic E-state index is 11.5. The molecule has 0 amide bonds. The molecular formula is C9H12O3. The van der Waals surface area contributed by atoms with Gasteiger partial charge in [0.25, 0.3) is 0 Å². The summed E-state index contributed by atoms with van der Waals surface area (Å²) in [5, 5.41) is 0. The lowest BCUT2D eigenvalue weighted by atomic mass is 9.87. The summed E-state index contributed by atoms with van der Waals surface area (Å²) < 4.78 is 4.64. The second-order valence-corrected chi connectivity index (χ2v) is 3.68. The molecule has 0 spiro atoms. The van der Waals surface area contributed by atoms with Crippen LogP contribution in [0.25, 0.3) is 0 Å². The van der Waals surface area contributed by atoms with Gasteiger partial charge in [0.15, 0.2) is 0 Å². The molecule has 0 heterocycles. The van der Waals surface area contributed by atoms with Crippen LogP contribution in [0.2, 0.25) is 0 Å². The Morgan fingerprint density at radius 3 is 3.00 bits per heavy atom. The van der Waals surface area contributed by atoms with Crippen molar-refractivity contribution in [3.8, 4) is 0 Å². The summed E-state index contributed by atoms with van der Waals surface area (Å²) >= 11 is 0. The van der Waals surface area contributed by atoms with Crippen LogP contribution < -0.4 is 0 Å². The Labute approximate surface area is 71.1 Å². The molecule has 0 radical (unpaired) electrons. The maximum atomic E-state index is 11.5. The van der Waals surface area contributed by atoms with Crippen LogP contribution in [0.3, 0.4) is 0 Å². The summed E-state index contributed by atoms with van der Waals surface area (Å²) in [7, 11) is 1.36. The van der Waals surface area contributed by atoms with Crippen molar-refractivity contribution in [2.24, 2.45) is 11.3 Å². The highest BCUT2D eigenvalue weighted by Gasteiger charge is 2.66. The average molecular weight is 168 g/mol. The van der Waals surface area contributed by atoms with E-state index < -0.39 is 5.41 Å². The molecule has 3 nitrogen and oxygen atoms in total.